The van der Waals surface area contributed by atoms with Crippen molar-refractivity contribution in [1.29, 1.82) is 0 Å². The van der Waals surface area contributed by atoms with E-state index in [-0.39, 0.29) is 5.41 Å². The first-order chi connectivity index (χ1) is 9.69. The summed E-state index contributed by atoms with van der Waals surface area (Å²) in [5, 5.41) is 9.94. The van der Waals surface area contributed by atoms with E-state index in [4.69, 9.17) is 0 Å². The largest absolute Gasteiger partial charge is 0.396 e. The number of aliphatic hydroxyl groups is 1. The van der Waals surface area contributed by atoms with Gasteiger partial charge in [-0.2, -0.15) is 0 Å². The molecule has 1 aromatic rings. The van der Waals surface area contributed by atoms with Crippen molar-refractivity contribution in [3.05, 3.63) is 34.3 Å². The second-order valence-corrected chi connectivity index (χ2v) is 7.37. The molecular weight excluding hydrogens is 312 g/mol. The van der Waals surface area contributed by atoms with Crippen LogP contribution in [0.2, 0.25) is 0 Å². The fraction of sp³-hybridized carbons (Fsp3) is 0.667. The van der Waals surface area contributed by atoms with Crippen molar-refractivity contribution in [2.45, 2.75) is 58.3 Å². The lowest BCUT2D eigenvalue weighted by Crippen LogP contribution is -2.33. The van der Waals surface area contributed by atoms with Gasteiger partial charge >= 0.3 is 0 Å². The first kappa shape index (κ1) is 16.0. The molecule has 0 amide bonds. The maximum Gasteiger partial charge on any atom is 0.0490 e. The minimum absolute atomic E-state index is 0.118. The topological polar surface area (TPSA) is 20.2 Å². The third kappa shape index (κ3) is 4.08. The fourth-order valence-corrected chi connectivity index (χ4v) is 3.93. The van der Waals surface area contributed by atoms with Gasteiger partial charge in [0.05, 0.1) is 0 Å². The zero-order valence-electron chi connectivity index (χ0n) is 12.6. The van der Waals surface area contributed by atoms with Crippen molar-refractivity contribution in [1.82, 2.24) is 0 Å². The predicted molar refractivity (Wildman–Crippen MR) is 88.8 cm³/mol. The molecule has 0 aromatic heterocycles. The number of halogens is 1. The van der Waals surface area contributed by atoms with Crippen LogP contribution in [0.15, 0.2) is 28.7 Å². The Balaban J connectivity index is 1.97. The summed E-state index contributed by atoms with van der Waals surface area (Å²) >= 11 is 3.64. The Morgan fingerprint density at radius 3 is 2.55 bits per heavy atom. The Bertz CT molecular complexity index is 408. The first-order valence-electron chi connectivity index (χ1n) is 8.03. The van der Waals surface area contributed by atoms with Crippen molar-refractivity contribution in [3.63, 3.8) is 0 Å². The molecule has 20 heavy (non-hydrogen) atoms. The molecule has 0 saturated heterocycles. The summed E-state index contributed by atoms with van der Waals surface area (Å²) in [5.74, 6) is 0.897. The fourth-order valence-electron chi connectivity index (χ4n) is 3.51. The Morgan fingerprint density at radius 2 is 1.95 bits per heavy atom. The second-order valence-electron chi connectivity index (χ2n) is 6.51. The molecule has 0 aliphatic heterocycles. The van der Waals surface area contributed by atoms with Crippen LogP contribution in [0.3, 0.4) is 0 Å². The standard InChI is InChI=1S/C18H27BrO/c1-2-3-6-15-9-11-18(14-20,12-10-15)13-16-7-4-5-8-17(16)19/h4-5,7-8,15,20H,2-3,6,9-14H2,1H3. The van der Waals surface area contributed by atoms with Gasteiger partial charge in [-0.3, -0.25) is 0 Å². The van der Waals surface area contributed by atoms with Crippen LogP contribution in [-0.4, -0.2) is 11.7 Å². The van der Waals surface area contributed by atoms with Crippen LogP contribution >= 0.6 is 15.9 Å². The molecule has 0 atom stereocenters. The van der Waals surface area contributed by atoms with E-state index in [1.165, 1.54) is 55.0 Å². The Hall–Kier alpha value is -0.340. The van der Waals surface area contributed by atoms with Crippen LogP contribution in [0.5, 0.6) is 0 Å². The third-order valence-corrected chi connectivity index (χ3v) is 5.76. The third-order valence-electron chi connectivity index (χ3n) is 4.99. The lowest BCUT2D eigenvalue weighted by atomic mass is 9.67. The average molecular weight is 339 g/mol. The smallest absolute Gasteiger partial charge is 0.0490 e. The lowest BCUT2D eigenvalue weighted by molar-refractivity contribution is 0.0619. The van der Waals surface area contributed by atoms with E-state index in [2.05, 4.69) is 47.1 Å². The monoisotopic (exact) mass is 338 g/mol. The van der Waals surface area contributed by atoms with Crippen LogP contribution in [0, 0.1) is 11.3 Å². The molecule has 0 heterocycles. The molecule has 1 N–H and O–H groups in total. The molecule has 1 aliphatic carbocycles. The number of hydrogen-bond donors (Lipinski definition) is 1. The molecule has 1 aromatic carbocycles. The minimum Gasteiger partial charge on any atom is -0.396 e. The molecule has 1 nitrogen and oxygen atoms in total. The van der Waals surface area contributed by atoms with E-state index in [1.807, 2.05) is 0 Å². The van der Waals surface area contributed by atoms with Gasteiger partial charge in [-0.15, -0.1) is 0 Å². The molecule has 0 spiro atoms. The first-order valence-corrected chi connectivity index (χ1v) is 8.83. The Kier molecular flexibility index (Phi) is 6.10. The van der Waals surface area contributed by atoms with Gasteiger partial charge < -0.3 is 5.11 Å². The quantitative estimate of drug-likeness (QED) is 0.741. The maximum atomic E-state index is 9.94. The maximum absolute atomic E-state index is 9.94. The van der Waals surface area contributed by atoms with Crippen LogP contribution < -0.4 is 0 Å². The predicted octanol–water partition coefficient (Wildman–Crippen LogP) is 5.35. The molecular formula is C18H27BrO. The van der Waals surface area contributed by atoms with E-state index in [0.29, 0.717) is 6.61 Å². The second kappa shape index (κ2) is 7.61. The van der Waals surface area contributed by atoms with Crippen molar-refractivity contribution < 1.29 is 5.11 Å². The van der Waals surface area contributed by atoms with E-state index in [0.717, 1.165) is 12.3 Å². The van der Waals surface area contributed by atoms with Gasteiger partial charge in [0.2, 0.25) is 0 Å². The van der Waals surface area contributed by atoms with Gasteiger partial charge in [0.1, 0.15) is 0 Å². The summed E-state index contributed by atoms with van der Waals surface area (Å²) in [5.41, 5.74) is 1.46. The van der Waals surface area contributed by atoms with E-state index < -0.39 is 0 Å². The van der Waals surface area contributed by atoms with Gasteiger partial charge in [-0.25, -0.2) is 0 Å². The molecule has 1 saturated carbocycles. The van der Waals surface area contributed by atoms with Crippen LogP contribution in [0.25, 0.3) is 0 Å². The van der Waals surface area contributed by atoms with E-state index in [1.54, 1.807) is 0 Å². The summed E-state index contributed by atoms with van der Waals surface area (Å²) in [7, 11) is 0. The highest BCUT2D eigenvalue weighted by Crippen LogP contribution is 2.43. The molecule has 0 radical (unpaired) electrons. The molecule has 0 bridgehead atoms. The summed E-state index contributed by atoms with van der Waals surface area (Å²) < 4.78 is 1.18. The molecule has 2 heteroatoms. The highest BCUT2D eigenvalue weighted by atomic mass is 79.9. The number of hydrogen-bond acceptors (Lipinski definition) is 1. The number of aliphatic hydroxyl groups excluding tert-OH is 1. The van der Waals surface area contributed by atoms with Crippen molar-refractivity contribution in [3.8, 4) is 0 Å². The highest BCUT2D eigenvalue weighted by molar-refractivity contribution is 9.10. The average Bonchev–Trinajstić information content (AvgIpc) is 2.49. The number of unbranched alkanes of at least 4 members (excludes halogenated alkanes) is 1. The van der Waals surface area contributed by atoms with Gasteiger partial charge in [0.15, 0.2) is 0 Å². The Morgan fingerprint density at radius 1 is 1.25 bits per heavy atom. The molecule has 112 valence electrons. The van der Waals surface area contributed by atoms with Crippen LogP contribution in [-0.2, 0) is 6.42 Å². The van der Waals surface area contributed by atoms with Crippen molar-refractivity contribution in [2.75, 3.05) is 6.61 Å². The molecule has 1 fully saturated rings. The summed E-state index contributed by atoms with van der Waals surface area (Å²) in [6.07, 6.45) is 10.0. The van der Waals surface area contributed by atoms with E-state index >= 15 is 0 Å². The van der Waals surface area contributed by atoms with Gasteiger partial charge in [0.25, 0.3) is 0 Å². The zero-order valence-corrected chi connectivity index (χ0v) is 14.2. The zero-order chi connectivity index (χ0) is 14.4. The molecule has 0 unspecified atom stereocenters. The molecule has 1 aliphatic rings. The summed E-state index contributed by atoms with van der Waals surface area (Å²) in [6.45, 7) is 2.60. The van der Waals surface area contributed by atoms with Gasteiger partial charge in [-0.1, -0.05) is 60.3 Å². The van der Waals surface area contributed by atoms with Gasteiger partial charge in [-0.05, 0) is 55.1 Å². The van der Waals surface area contributed by atoms with E-state index in [9.17, 15) is 5.11 Å². The lowest BCUT2D eigenvalue weighted by Gasteiger charge is -2.39. The number of benzene rings is 1. The normalized spacial score (nSPS) is 26.6. The highest BCUT2D eigenvalue weighted by Gasteiger charge is 2.35. The summed E-state index contributed by atoms with van der Waals surface area (Å²) in [6, 6.07) is 8.44. The number of rotatable bonds is 6. The Labute approximate surface area is 131 Å². The SMILES string of the molecule is CCCCC1CCC(CO)(Cc2ccccc2Br)CC1. The van der Waals surface area contributed by atoms with Gasteiger partial charge in [0, 0.05) is 11.1 Å². The van der Waals surface area contributed by atoms with Crippen LogP contribution in [0.1, 0.15) is 57.4 Å². The molecule has 2 rings (SSSR count). The summed E-state index contributed by atoms with van der Waals surface area (Å²) in [4.78, 5) is 0. The van der Waals surface area contributed by atoms with Crippen LogP contribution in [0.4, 0.5) is 0 Å². The van der Waals surface area contributed by atoms with Crippen molar-refractivity contribution >= 4 is 15.9 Å². The van der Waals surface area contributed by atoms with Crippen molar-refractivity contribution in [2.24, 2.45) is 11.3 Å². The minimum atomic E-state index is 0.118.